The number of nitrogens with one attached hydrogen (secondary N) is 1. The number of nitrogens with zero attached hydrogens (tertiary/aromatic N) is 7. The Morgan fingerprint density at radius 3 is 2.25 bits per heavy atom. The standard InChI is InChI=1S/C48H55N9O6/c1-28(2)36-25-38(40(59)26-41(36)63-6)45-51-52-46(47(61)50-29(3)4)55(45)33-16-13-30(14-17-33)27-54-23-9-12-42(54)57-48(43(49)60)56(34-18-20-35(62-5)21-19-34)44(53-57)32-15-22-39(58)37(24-32)31-10-7-8-11-31/h13-22,24-26,28-29,31,42H,7-12,23,27H2,1-6H3,(H4-,49,50,51,53,58,59,60,61)/p+1. The Bertz CT molecular complexity index is 2630. The zero-order valence-corrected chi connectivity index (χ0v) is 36.7. The average molecular weight is 855 g/mol. The molecule has 1 saturated heterocycles. The molecule has 1 aliphatic carbocycles. The van der Waals surface area contributed by atoms with Gasteiger partial charge in [-0.2, -0.15) is 4.57 Å². The van der Waals surface area contributed by atoms with E-state index in [1.54, 1.807) is 35.6 Å². The largest absolute Gasteiger partial charge is 0.508 e. The van der Waals surface area contributed by atoms with Crippen LogP contribution in [0.15, 0.2) is 78.9 Å². The lowest BCUT2D eigenvalue weighted by atomic mass is 9.94. The second-order valence-electron chi connectivity index (χ2n) is 17.1. The molecule has 0 radical (unpaired) electrons. The number of phenolic OH excluding ortho intramolecular Hbond substituents is 2. The number of carbonyl (C=O) groups is 2. The maximum absolute atomic E-state index is 13.6. The summed E-state index contributed by atoms with van der Waals surface area (Å²) in [6.45, 7) is 9.10. The van der Waals surface area contributed by atoms with Crippen LogP contribution in [-0.2, 0) is 6.54 Å². The highest BCUT2D eigenvalue weighted by Gasteiger charge is 2.41. The normalized spacial score (nSPS) is 15.7. The van der Waals surface area contributed by atoms with Gasteiger partial charge in [-0.3, -0.25) is 19.1 Å². The van der Waals surface area contributed by atoms with Crippen LogP contribution in [0.3, 0.4) is 0 Å². The van der Waals surface area contributed by atoms with Crippen LogP contribution in [0.25, 0.3) is 34.2 Å². The third-order valence-electron chi connectivity index (χ3n) is 12.2. The van der Waals surface area contributed by atoms with Crippen LogP contribution in [0.4, 0.5) is 0 Å². The number of aromatic hydroxyl groups is 2. The molecule has 5 N–H and O–H groups in total. The molecule has 2 aromatic heterocycles. The predicted octanol–water partition coefficient (Wildman–Crippen LogP) is 7.32. The van der Waals surface area contributed by atoms with Crippen molar-refractivity contribution in [1.82, 2.24) is 34.8 Å². The number of nitrogens with two attached hydrogens (primary N) is 1. The summed E-state index contributed by atoms with van der Waals surface area (Å²) in [5, 5.41) is 39.1. The molecule has 0 bridgehead atoms. The fraction of sp³-hybridized carbons (Fsp3) is 0.375. The number of methoxy groups -OCH3 is 2. The zero-order chi connectivity index (χ0) is 44.5. The molecular weight excluding hydrogens is 799 g/mol. The SMILES string of the molecule is COc1ccc(-[n+]2c(-c3ccc(O)c(C4CCCC4)c3)nn(C3CCCN3Cc3ccc(-n4c(C(=O)NC(C)C)nnc4-c4cc(C(C)C)c(OC)cc4O)cc3)c2C(N)=O)cc1. The number of benzene rings is 4. The Kier molecular flexibility index (Phi) is 12.2. The topological polar surface area (TPSA) is 187 Å². The zero-order valence-electron chi connectivity index (χ0n) is 36.7. The molecule has 4 aromatic carbocycles. The van der Waals surface area contributed by atoms with E-state index in [4.69, 9.17) is 20.3 Å². The summed E-state index contributed by atoms with van der Waals surface area (Å²) < 4.78 is 16.3. The average Bonchev–Trinajstić information content (AvgIpc) is 4.11. The van der Waals surface area contributed by atoms with E-state index in [-0.39, 0.29) is 47.2 Å². The molecule has 6 aromatic rings. The quantitative estimate of drug-likeness (QED) is 0.0810. The summed E-state index contributed by atoms with van der Waals surface area (Å²) in [4.78, 5) is 29.5. The smallest absolute Gasteiger partial charge is 0.333 e. The Hall–Kier alpha value is -6.74. The first kappa shape index (κ1) is 42.9. The highest BCUT2D eigenvalue weighted by Crippen LogP contribution is 2.41. The number of likely N-dealkylation sites (tertiary alicyclic amines) is 1. The molecule has 0 spiro atoms. The second-order valence-corrected chi connectivity index (χ2v) is 17.1. The molecular formula is C48H56N9O6+. The Labute approximate surface area is 367 Å². The van der Waals surface area contributed by atoms with Gasteiger partial charge >= 0.3 is 17.6 Å². The van der Waals surface area contributed by atoms with E-state index in [1.165, 1.54) is 0 Å². The molecule has 1 atom stereocenters. The third-order valence-corrected chi connectivity index (χ3v) is 12.2. The number of phenols is 2. The molecule has 63 heavy (non-hydrogen) atoms. The number of carbonyl (C=O) groups excluding carboxylic acids is 2. The fourth-order valence-corrected chi connectivity index (χ4v) is 9.07. The first-order chi connectivity index (χ1) is 30.4. The number of hydrogen-bond donors (Lipinski definition) is 4. The molecule has 1 aliphatic heterocycles. The Morgan fingerprint density at radius 2 is 1.60 bits per heavy atom. The summed E-state index contributed by atoms with van der Waals surface area (Å²) >= 11 is 0. The minimum Gasteiger partial charge on any atom is -0.508 e. The maximum atomic E-state index is 13.6. The van der Waals surface area contributed by atoms with Gasteiger partial charge in [0.2, 0.25) is 5.82 Å². The molecule has 3 heterocycles. The minimum atomic E-state index is -0.624. The van der Waals surface area contributed by atoms with Crippen LogP contribution >= 0.6 is 0 Å². The van der Waals surface area contributed by atoms with Crippen LogP contribution in [0.5, 0.6) is 23.0 Å². The van der Waals surface area contributed by atoms with E-state index in [9.17, 15) is 19.8 Å². The lowest BCUT2D eigenvalue weighted by Crippen LogP contribution is -2.43. The first-order valence-corrected chi connectivity index (χ1v) is 21.7. The van der Waals surface area contributed by atoms with Crippen LogP contribution in [-0.4, -0.2) is 78.3 Å². The number of primary amides is 1. The van der Waals surface area contributed by atoms with Gasteiger partial charge in [0.15, 0.2) is 12.0 Å². The second kappa shape index (κ2) is 17.9. The van der Waals surface area contributed by atoms with Gasteiger partial charge in [-0.25, -0.2) is 0 Å². The van der Waals surface area contributed by atoms with E-state index in [0.717, 1.165) is 67.3 Å². The van der Waals surface area contributed by atoms with E-state index in [2.05, 4.69) is 20.4 Å². The van der Waals surface area contributed by atoms with Gasteiger partial charge in [0.05, 0.1) is 25.3 Å². The summed E-state index contributed by atoms with van der Waals surface area (Å²) in [7, 11) is 3.17. The van der Waals surface area contributed by atoms with Crippen molar-refractivity contribution in [2.75, 3.05) is 20.8 Å². The lowest BCUT2D eigenvalue weighted by Gasteiger charge is -2.21. The minimum absolute atomic E-state index is 0.0532. The van der Waals surface area contributed by atoms with Gasteiger partial charge < -0.3 is 30.7 Å². The van der Waals surface area contributed by atoms with E-state index < -0.39 is 11.8 Å². The van der Waals surface area contributed by atoms with Crippen molar-refractivity contribution >= 4 is 11.8 Å². The van der Waals surface area contributed by atoms with Crippen molar-refractivity contribution in [3.63, 3.8) is 0 Å². The van der Waals surface area contributed by atoms with Crippen LogP contribution in [0, 0.1) is 0 Å². The lowest BCUT2D eigenvalue weighted by molar-refractivity contribution is -0.587. The number of rotatable bonds is 14. The summed E-state index contributed by atoms with van der Waals surface area (Å²) in [5.41, 5.74) is 11.5. The van der Waals surface area contributed by atoms with E-state index in [1.807, 2.05) is 99.0 Å². The van der Waals surface area contributed by atoms with Crippen molar-refractivity contribution in [2.45, 2.75) is 96.8 Å². The number of aromatic nitrogens is 6. The Morgan fingerprint density at radius 1 is 0.873 bits per heavy atom. The molecule has 15 heteroatoms. The number of amides is 2. The summed E-state index contributed by atoms with van der Waals surface area (Å²) in [6.07, 6.45) is 5.54. The monoisotopic (exact) mass is 854 g/mol. The fourth-order valence-electron chi connectivity index (χ4n) is 9.07. The summed E-state index contributed by atoms with van der Waals surface area (Å²) in [5.74, 6) is 1.89. The predicted molar refractivity (Wildman–Crippen MR) is 238 cm³/mol. The van der Waals surface area contributed by atoms with Crippen molar-refractivity contribution < 1.29 is 33.8 Å². The van der Waals surface area contributed by atoms with Crippen LogP contribution < -0.4 is 25.1 Å². The molecule has 2 aliphatic rings. The van der Waals surface area contributed by atoms with E-state index >= 15 is 0 Å². The van der Waals surface area contributed by atoms with E-state index in [0.29, 0.717) is 46.6 Å². The third kappa shape index (κ3) is 8.44. The number of hydrogen-bond acceptors (Lipinski definition) is 10. The van der Waals surface area contributed by atoms with Crippen molar-refractivity contribution in [3.8, 4) is 57.1 Å². The maximum Gasteiger partial charge on any atom is 0.333 e. The molecule has 2 fully saturated rings. The van der Waals surface area contributed by atoms with Gasteiger partial charge in [-0.05, 0) is 129 Å². The first-order valence-electron chi connectivity index (χ1n) is 21.7. The van der Waals surface area contributed by atoms with Crippen molar-refractivity contribution in [2.24, 2.45) is 5.73 Å². The molecule has 1 unspecified atom stereocenters. The van der Waals surface area contributed by atoms with Gasteiger partial charge in [0, 0.05) is 36.0 Å². The highest BCUT2D eigenvalue weighted by atomic mass is 16.5. The van der Waals surface area contributed by atoms with Gasteiger partial charge in [0.1, 0.15) is 28.7 Å². The Balaban J connectivity index is 1.16. The molecule has 1 saturated carbocycles. The van der Waals surface area contributed by atoms with Gasteiger partial charge in [-0.15, -0.1) is 10.2 Å². The number of ether oxygens (including phenoxy) is 2. The van der Waals surface area contributed by atoms with Gasteiger partial charge in [-0.1, -0.05) is 43.5 Å². The molecule has 328 valence electrons. The van der Waals surface area contributed by atoms with Crippen molar-refractivity contribution in [3.05, 3.63) is 107 Å². The highest BCUT2D eigenvalue weighted by molar-refractivity contribution is 5.92. The van der Waals surface area contributed by atoms with Crippen LogP contribution in [0.2, 0.25) is 0 Å². The molecule has 2 amide bonds. The molecule has 15 nitrogen and oxygen atoms in total. The van der Waals surface area contributed by atoms with Crippen LogP contribution in [0.1, 0.15) is 122 Å². The van der Waals surface area contributed by atoms with Gasteiger partial charge in [0.25, 0.3) is 5.91 Å². The summed E-state index contributed by atoms with van der Waals surface area (Å²) in [6, 6.07) is 24.1. The van der Waals surface area contributed by atoms with Crippen molar-refractivity contribution in [1.29, 1.82) is 0 Å². The molecule has 8 rings (SSSR count).